The number of benzene rings is 1. The molecule has 0 radical (unpaired) electrons. The number of morpholine rings is 1. The lowest BCUT2D eigenvalue weighted by Crippen LogP contribution is -2.51. The van der Waals surface area contributed by atoms with Gasteiger partial charge in [-0.05, 0) is 88.4 Å². The van der Waals surface area contributed by atoms with Crippen molar-refractivity contribution in [2.45, 2.75) is 101 Å². The van der Waals surface area contributed by atoms with Gasteiger partial charge in [0.2, 0.25) is 11.8 Å². The van der Waals surface area contributed by atoms with Crippen LogP contribution in [-0.2, 0) is 27.8 Å². The van der Waals surface area contributed by atoms with Crippen LogP contribution >= 0.6 is 0 Å². The van der Waals surface area contributed by atoms with Crippen LogP contribution in [0.4, 0.5) is 20.3 Å². The molecule has 17 nitrogen and oxygen atoms in total. The number of piperidine rings is 1. The average Bonchev–Trinajstić information content (AvgIpc) is 4.14. The van der Waals surface area contributed by atoms with Gasteiger partial charge in [-0.2, -0.15) is 10.2 Å². The topological polar surface area (TPSA) is 169 Å². The fraction of sp³-hybridized carbons (Fsp3) is 0.568. The van der Waals surface area contributed by atoms with Crippen molar-refractivity contribution in [2.75, 3.05) is 56.1 Å². The number of nitrogens with zero attached hydrogens (tertiary/aromatic N) is 10. The van der Waals surface area contributed by atoms with E-state index < -0.39 is 30.0 Å². The largest absolute Gasteiger partial charge is 0.374 e. The van der Waals surface area contributed by atoms with Gasteiger partial charge in [0.05, 0.1) is 47.7 Å². The summed E-state index contributed by atoms with van der Waals surface area (Å²) >= 11 is 0. The van der Waals surface area contributed by atoms with Crippen LogP contribution < -0.4 is 21.2 Å². The van der Waals surface area contributed by atoms with Gasteiger partial charge in [-0.15, -0.1) is 0 Å². The molecule has 0 spiro atoms. The molecule has 5 fully saturated rings. The first-order valence-electron chi connectivity index (χ1n) is 22.4. The number of amides is 3. The van der Waals surface area contributed by atoms with Gasteiger partial charge in [-0.3, -0.25) is 38.4 Å². The first kappa shape index (κ1) is 41.5. The molecule has 4 aliphatic heterocycles. The number of aryl methyl sites for hydroxylation is 2. The van der Waals surface area contributed by atoms with E-state index in [0.29, 0.717) is 30.6 Å². The summed E-state index contributed by atoms with van der Waals surface area (Å²) in [7, 11) is 1.74. The maximum atomic E-state index is 14.4. The number of carbonyl (C=O) groups excluding carboxylic acids is 3. The summed E-state index contributed by atoms with van der Waals surface area (Å²) in [4.78, 5) is 63.4. The van der Waals surface area contributed by atoms with Crippen molar-refractivity contribution in [3.05, 3.63) is 70.2 Å². The van der Waals surface area contributed by atoms with Crippen LogP contribution in [0.5, 0.6) is 0 Å². The molecule has 3 amide bonds. The van der Waals surface area contributed by atoms with E-state index in [9.17, 15) is 28.0 Å². The van der Waals surface area contributed by atoms with Gasteiger partial charge in [0.1, 0.15) is 17.4 Å². The highest BCUT2D eigenvalue weighted by atomic mass is 19.3. The molecule has 5 aromatic rings. The fourth-order valence-corrected chi connectivity index (χ4v) is 10.9. The van der Waals surface area contributed by atoms with Crippen LogP contribution in [0.3, 0.4) is 0 Å². The molecule has 4 saturated heterocycles. The number of halogens is 2. The number of imidazole rings is 1. The molecule has 2 unspecified atom stereocenters. The van der Waals surface area contributed by atoms with E-state index in [1.54, 1.807) is 33.3 Å². The number of hydrogen-bond donors (Lipinski definition) is 2. The minimum atomic E-state index is -2.86. The van der Waals surface area contributed by atoms with Gasteiger partial charge < -0.3 is 19.9 Å². The Kier molecular flexibility index (Phi) is 11.1. The first-order chi connectivity index (χ1) is 30.5. The third kappa shape index (κ3) is 7.81. The summed E-state index contributed by atoms with van der Waals surface area (Å²) < 4.78 is 40.7. The second kappa shape index (κ2) is 16.9. The van der Waals surface area contributed by atoms with E-state index in [-0.39, 0.29) is 47.5 Å². The number of piperazine rings is 1. The van der Waals surface area contributed by atoms with E-state index in [2.05, 4.69) is 48.5 Å². The second-order valence-corrected chi connectivity index (χ2v) is 18.0. The second-order valence-electron chi connectivity index (χ2n) is 18.0. The monoisotopic (exact) mass is 868 g/mol. The highest BCUT2D eigenvalue weighted by Gasteiger charge is 2.40. The fourth-order valence-electron chi connectivity index (χ4n) is 10.9. The highest BCUT2D eigenvalue weighted by molar-refractivity contribution is 6.08. The van der Waals surface area contributed by atoms with Gasteiger partial charge in [0, 0.05) is 64.6 Å². The number of nitrogens with one attached hydrogen (secondary N) is 2. The van der Waals surface area contributed by atoms with Gasteiger partial charge in [-0.25, -0.2) is 23.1 Å². The molecule has 1 aromatic carbocycles. The van der Waals surface area contributed by atoms with Crippen LogP contribution in [0.25, 0.3) is 16.7 Å². The van der Waals surface area contributed by atoms with E-state index in [0.717, 1.165) is 107 Å². The van der Waals surface area contributed by atoms with E-state index >= 15 is 0 Å². The molecule has 10 rings (SSSR count). The van der Waals surface area contributed by atoms with Crippen LogP contribution in [0, 0.1) is 5.92 Å². The molecule has 4 atom stereocenters. The third-order valence-electron chi connectivity index (χ3n) is 14.4. The SMILES string of the molecule is CC(C1CCC(n2cc(NC(=O)c3cnn4ccc(N5C[C@H]6C[C@@H]5CO6)nc34)c(C(F)F)n2)CC1)N1CCN(CCCc2cccc3c2n(C)c(=O)n3C2CCC(=O)NC2=O)CC1. The lowest BCUT2D eigenvalue weighted by Gasteiger charge is -2.42. The van der Waals surface area contributed by atoms with Crippen LogP contribution in [0.2, 0.25) is 0 Å². The number of imide groups is 1. The van der Waals surface area contributed by atoms with Crippen molar-refractivity contribution in [1.82, 2.24) is 48.6 Å². The Labute approximate surface area is 362 Å². The summed E-state index contributed by atoms with van der Waals surface area (Å²) in [5.41, 5.74) is 2.48. The molecular formula is C44H54F2N12O5. The van der Waals surface area contributed by atoms with Crippen LogP contribution in [0.15, 0.2) is 47.7 Å². The Morgan fingerprint density at radius 3 is 2.57 bits per heavy atom. The molecule has 63 heavy (non-hydrogen) atoms. The molecule has 334 valence electrons. The zero-order chi connectivity index (χ0) is 43.5. The lowest BCUT2D eigenvalue weighted by molar-refractivity contribution is -0.135. The minimum absolute atomic E-state index is 0.000548. The number of rotatable bonds is 12. The zero-order valence-corrected chi connectivity index (χ0v) is 35.7. The van der Waals surface area contributed by atoms with Gasteiger partial charge in [0.15, 0.2) is 11.3 Å². The minimum Gasteiger partial charge on any atom is -0.374 e. The Morgan fingerprint density at radius 2 is 1.84 bits per heavy atom. The van der Waals surface area contributed by atoms with Gasteiger partial charge >= 0.3 is 5.69 Å². The third-order valence-corrected chi connectivity index (χ3v) is 14.4. The molecule has 8 heterocycles. The molecule has 19 heteroatoms. The smallest absolute Gasteiger partial charge is 0.329 e. The molecule has 1 aliphatic carbocycles. The summed E-state index contributed by atoms with van der Waals surface area (Å²) in [6, 6.07) is 7.62. The van der Waals surface area contributed by atoms with E-state index in [4.69, 9.17) is 9.72 Å². The lowest BCUT2D eigenvalue weighted by atomic mass is 9.81. The van der Waals surface area contributed by atoms with E-state index in [1.807, 2.05) is 18.2 Å². The Balaban J connectivity index is 0.712. The summed E-state index contributed by atoms with van der Waals surface area (Å²) in [5.74, 6) is -0.0905. The number of para-hydroxylation sites is 1. The highest BCUT2D eigenvalue weighted by Crippen LogP contribution is 2.38. The van der Waals surface area contributed by atoms with Crippen LogP contribution in [-0.4, -0.2) is 125 Å². The average molecular weight is 869 g/mol. The number of anilines is 2. The zero-order valence-electron chi connectivity index (χ0n) is 35.7. The van der Waals surface area contributed by atoms with Crippen molar-refractivity contribution in [3.63, 3.8) is 0 Å². The van der Waals surface area contributed by atoms with Crippen molar-refractivity contribution in [2.24, 2.45) is 13.0 Å². The summed E-state index contributed by atoms with van der Waals surface area (Å²) in [6.45, 7) is 8.50. The Bertz CT molecular complexity index is 2600. The normalized spacial score (nSPS) is 25.2. The van der Waals surface area contributed by atoms with Crippen molar-refractivity contribution in [1.29, 1.82) is 0 Å². The summed E-state index contributed by atoms with van der Waals surface area (Å²) in [6.07, 6.45) is 8.77. The molecule has 2 N–H and O–H groups in total. The Hall–Kier alpha value is -5.53. The van der Waals surface area contributed by atoms with E-state index in [1.165, 1.54) is 10.7 Å². The summed E-state index contributed by atoms with van der Waals surface area (Å²) in [5, 5.41) is 13.7. The number of carbonyl (C=O) groups is 3. The van der Waals surface area contributed by atoms with Gasteiger partial charge in [-0.1, -0.05) is 12.1 Å². The van der Waals surface area contributed by atoms with Crippen molar-refractivity contribution >= 4 is 45.9 Å². The molecule has 5 aliphatic rings. The number of alkyl halides is 2. The maximum Gasteiger partial charge on any atom is 0.329 e. The molecule has 4 aromatic heterocycles. The number of hydrogen-bond acceptors (Lipinski definition) is 11. The number of fused-ring (bicyclic) bond motifs is 4. The molecule has 1 saturated carbocycles. The number of ether oxygens (including phenoxy) is 1. The van der Waals surface area contributed by atoms with Crippen LogP contribution in [0.1, 0.15) is 98.4 Å². The quantitative estimate of drug-likeness (QED) is 0.173. The predicted octanol–water partition coefficient (Wildman–Crippen LogP) is 4.09. The molecule has 2 bridgehead atoms. The number of aromatic nitrogens is 7. The standard InChI is InChI=1S/C44H54F2N12O5/c1-26(54-19-17-53(18-20-54)15-4-6-28-5-3-7-34-39(28)52(2)44(62)58(34)35-12-13-37(59)50-43(35)61)27-8-10-29(11-9-27)57-24-33(38(51-57)40(45)46)48-42(60)32-22-47-56-16-14-36(49-41(32)56)55-23-31-21-30(55)25-63-31/h3,5,7,14,16,22,24,26-27,29-31,35,40H,4,6,8-13,15,17-21,23,25H2,1-2H3,(H,48,60)(H,50,59,61)/t26?,27?,29?,30-,31-,35?/m1/s1. The Morgan fingerprint density at radius 1 is 1.03 bits per heavy atom. The maximum absolute atomic E-state index is 14.4. The van der Waals surface area contributed by atoms with Gasteiger partial charge in [0.25, 0.3) is 12.3 Å². The molecular weight excluding hydrogens is 815 g/mol. The first-order valence-corrected chi connectivity index (χ1v) is 22.4. The van der Waals surface area contributed by atoms with Crippen molar-refractivity contribution < 1.29 is 27.9 Å². The predicted molar refractivity (Wildman–Crippen MR) is 229 cm³/mol. The van der Waals surface area contributed by atoms with Crippen molar-refractivity contribution in [3.8, 4) is 0 Å².